The minimum atomic E-state index is -0.907. The third-order valence-corrected chi connectivity index (χ3v) is 6.28. The summed E-state index contributed by atoms with van der Waals surface area (Å²) in [6, 6.07) is 0.728. The predicted octanol–water partition coefficient (Wildman–Crippen LogP) is 1.30. The second kappa shape index (κ2) is 7.01. The largest absolute Gasteiger partial charge is 0.458 e. The van der Waals surface area contributed by atoms with Crippen LogP contribution in [-0.4, -0.2) is 44.3 Å². The molecule has 10 heteroatoms. The van der Waals surface area contributed by atoms with Crippen molar-refractivity contribution in [3.63, 3.8) is 0 Å². The summed E-state index contributed by atoms with van der Waals surface area (Å²) in [6.45, 7) is 1.29. The molecule has 2 fully saturated rings. The molecule has 1 saturated carbocycles. The van der Waals surface area contributed by atoms with Crippen molar-refractivity contribution in [2.75, 3.05) is 6.54 Å². The quantitative estimate of drug-likeness (QED) is 0.608. The van der Waals surface area contributed by atoms with Crippen molar-refractivity contribution in [2.24, 2.45) is 5.92 Å². The number of amides is 3. The monoisotopic (exact) mass is 404 g/mol. The molecule has 28 heavy (non-hydrogen) atoms. The van der Waals surface area contributed by atoms with E-state index in [9.17, 15) is 19.2 Å². The van der Waals surface area contributed by atoms with Crippen LogP contribution in [0.2, 0.25) is 0 Å². The molecule has 1 N–H and O–H groups in total. The average Bonchev–Trinajstić information content (AvgIpc) is 3.22. The van der Waals surface area contributed by atoms with Crippen LogP contribution in [0.3, 0.4) is 0 Å². The van der Waals surface area contributed by atoms with Crippen LogP contribution in [0.1, 0.15) is 38.3 Å². The third-order valence-electron chi connectivity index (χ3n) is 5.53. The number of rotatable bonds is 4. The lowest BCUT2D eigenvalue weighted by atomic mass is 9.73. The molecule has 3 amide bonds. The number of nitrogens with one attached hydrogen (secondary N) is 1. The van der Waals surface area contributed by atoms with Gasteiger partial charge in [-0.15, -0.1) is 11.3 Å². The number of carbonyl (C=O) groups is 3. The Morgan fingerprint density at radius 1 is 1.39 bits per heavy atom. The number of aromatic nitrogens is 2. The third kappa shape index (κ3) is 3.07. The summed E-state index contributed by atoms with van der Waals surface area (Å²) >= 11 is 1.29. The van der Waals surface area contributed by atoms with Crippen molar-refractivity contribution in [3.8, 4) is 0 Å². The first-order valence-electron chi connectivity index (χ1n) is 9.16. The fourth-order valence-electron chi connectivity index (χ4n) is 3.93. The van der Waals surface area contributed by atoms with E-state index >= 15 is 0 Å². The second-order valence-electron chi connectivity index (χ2n) is 7.24. The molecule has 1 saturated heterocycles. The van der Waals surface area contributed by atoms with E-state index in [1.807, 2.05) is 6.92 Å². The first kappa shape index (κ1) is 18.6. The van der Waals surface area contributed by atoms with Gasteiger partial charge in [-0.25, -0.2) is 9.78 Å². The molecule has 0 radical (unpaired) electrons. The van der Waals surface area contributed by atoms with Gasteiger partial charge in [-0.3, -0.25) is 23.7 Å². The molecule has 0 aromatic carbocycles. The van der Waals surface area contributed by atoms with Gasteiger partial charge in [0.1, 0.15) is 18.7 Å². The van der Waals surface area contributed by atoms with E-state index in [4.69, 9.17) is 4.74 Å². The van der Waals surface area contributed by atoms with Gasteiger partial charge in [0.15, 0.2) is 4.96 Å². The zero-order valence-corrected chi connectivity index (χ0v) is 16.2. The first-order valence-corrected chi connectivity index (χ1v) is 10.0. The molecule has 2 aromatic rings. The number of imide groups is 1. The Morgan fingerprint density at radius 3 is 3.00 bits per heavy atom. The zero-order valence-electron chi connectivity index (χ0n) is 15.3. The molecule has 2 aromatic heterocycles. The molecule has 0 bridgehead atoms. The van der Waals surface area contributed by atoms with E-state index < -0.39 is 24.1 Å². The molecule has 2 atom stereocenters. The highest BCUT2D eigenvalue weighted by atomic mass is 32.1. The number of ether oxygens (including phenoxy) is 1. The standard InChI is InChI=1S/C18H20N4O5S/c1-11-4-2-3-5-18(11)15(25)22(16(26)20-18)9-14(24)27-10-12-8-13(23)21-6-7-28-17(21)19-12/h6-8,11H,2-5,9-10H2,1H3,(H,20,26)/t11-,18+/m0/s1. The van der Waals surface area contributed by atoms with Gasteiger partial charge in [0.05, 0.1) is 5.69 Å². The number of thiazole rings is 1. The lowest BCUT2D eigenvalue weighted by Gasteiger charge is -2.36. The van der Waals surface area contributed by atoms with Crippen LogP contribution in [0.5, 0.6) is 0 Å². The fourth-order valence-corrected chi connectivity index (χ4v) is 4.67. The molecule has 4 rings (SSSR count). The number of esters is 1. The smallest absolute Gasteiger partial charge is 0.326 e. The highest BCUT2D eigenvalue weighted by Crippen LogP contribution is 2.38. The molecule has 3 heterocycles. The molecule has 1 aliphatic carbocycles. The lowest BCUT2D eigenvalue weighted by molar-refractivity contribution is -0.149. The number of hydrogen-bond donors (Lipinski definition) is 1. The van der Waals surface area contributed by atoms with Crippen LogP contribution >= 0.6 is 11.3 Å². The SMILES string of the molecule is C[C@H]1CCCC[C@@]12NC(=O)N(CC(=O)OCc1cc(=O)n3ccsc3n1)C2=O. The van der Waals surface area contributed by atoms with Crippen molar-refractivity contribution in [3.05, 3.63) is 33.7 Å². The summed E-state index contributed by atoms with van der Waals surface area (Å²) < 4.78 is 6.55. The predicted molar refractivity (Wildman–Crippen MR) is 99.7 cm³/mol. The summed E-state index contributed by atoms with van der Waals surface area (Å²) in [5.41, 5.74) is -0.856. The summed E-state index contributed by atoms with van der Waals surface area (Å²) in [4.78, 5) is 55.0. The Labute approximate surface area is 164 Å². The van der Waals surface area contributed by atoms with Gasteiger partial charge in [-0.1, -0.05) is 19.8 Å². The van der Waals surface area contributed by atoms with E-state index in [0.29, 0.717) is 17.1 Å². The van der Waals surface area contributed by atoms with Gasteiger partial charge in [0, 0.05) is 17.6 Å². The van der Waals surface area contributed by atoms with Crippen LogP contribution in [0.25, 0.3) is 4.96 Å². The van der Waals surface area contributed by atoms with Gasteiger partial charge in [-0.2, -0.15) is 0 Å². The second-order valence-corrected chi connectivity index (χ2v) is 8.11. The van der Waals surface area contributed by atoms with Crippen LogP contribution in [-0.2, 0) is 20.9 Å². The number of hydrogen-bond acceptors (Lipinski definition) is 7. The van der Waals surface area contributed by atoms with E-state index in [0.717, 1.165) is 24.2 Å². The Balaban J connectivity index is 1.41. The lowest BCUT2D eigenvalue weighted by Crippen LogP contribution is -2.54. The number of nitrogens with zero attached hydrogens (tertiary/aromatic N) is 3. The van der Waals surface area contributed by atoms with Crippen LogP contribution in [0.15, 0.2) is 22.4 Å². The summed E-state index contributed by atoms with van der Waals surface area (Å²) in [6.07, 6.45) is 4.94. The maximum absolute atomic E-state index is 12.9. The van der Waals surface area contributed by atoms with Crippen LogP contribution in [0.4, 0.5) is 4.79 Å². The Morgan fingerprint density at radius 2 is 2.21 bits per heavy atom. The molecule has 1 spiro atoms. The van der Waals surface area contributed by atoms with Gasteiger partial charge < -0.3 is 10.1 Å². The van der Waals surface area contributed by atoms with Crippen molar-refractivity contribution in [1.82, 2.24) is 19.6 Å². The van der Waals surface area contributed by atoms with Gasteiger partial charge in [0.25, 0.3) is 11.5 Å². The molecule has 1 aliphatic heterocycles. The molecule has 148 valence electrons. The minimum Gasteiger partial charge on any atom is -0.458 e. The van der Waals surface area contributed by atoms with Gasteiger partial charge in [-0.05, 0) is 18.8 Å². The van der Waals surface area contributed by atoms with Crippen LogP contribution < -0.4 is 10.9 Å². The molecule has 9 nitrogen and oxygen atoms in total. The summed E-state index contributed by atoms with van der Waals surface area (Å²) in [7, 11) is 0. The minimum absolute atomic E-state index is 0.0217. The van der Waals surface area contributed by atoms with E-state index in [2.05, 4.69) is 10.3 Å². The molecular formula is C18H20N4O5S. The Kier molecular flexibility index (Phi) is 4.66. The Bertz CT molecular complexity index is 1010. The maximum Gasteiger partial charge on any atom is 0.326 e. The molecule has 2 aliphatic rings. The molecular weight excluding hydrogens is 384 g/mol. The van der Waals surface area contributed by atoms with E-state index in [1.165, 1.54) is 21.8 Å². The fraction of sp³-hybridized carbons (Fsp3) is 0.500. The average molecular weight is 404 g/mol. The number of fused-ring (bicyclic) bond motifs is 1. The zero-order chi connectivity index (χ0) is 19.9. The number of carbonyl (C=O) groups excluding carboxylic acids is 3. The molecule has 0 unspecified atom stereocenters. The Hall–Kier alpha value is -2.75. The van der Waals surface area contributed by atoms with Crippen LogP contribution in [0, 0.1) is 5.92 Å². The van der Waals surface area contributed by atoms with Crippen molar-refractivity contribution < 1.29 is 19.1 Å². The number of urea groups is 1. The topological polar surface area (TPSA) is 110 Å². The van der Waals surface area contributed by atoms with E-state index in [1.54, 1.807) is 11.6 Å². The van der Waals surface area contributed by atoms with Crippen molar-refractivity contribution >= 4 is 34.2 Å². The first-order chi connectivity index (χ1) is 13.4. The van der Waals surface area contributed by atoms with Gasteiger partial charge in [0.2, 0.25) is 0 Å². The normalized spacial score (nSPS) is 24.8. The summed E-state index contributed by atoms with van der Waals surface area (Å²) in [5.74, 6) is -1.07. The van der Waals surface area contributed by atoms with Crippen molar-refractivity contribution in [2.45, 2.75) is 44.8 Å². The van der Waals surface area contributed by atoms with Gasteiger partial charge >= 0.3 is 12.0 Å². The maximum atomic E-state index is 12.9. The highest BCUT2D eigenvalue weighted by molar-refractivity contribution is 7.15. The van der Waals surface area contributed by atoms with E-state index in [-0.39, 0.29) is 24.0 Å². The highest BCUT2D eigenvalue weighted by Gasteiger charge is 2.55. The van der Waals surface area contributed by atoms with Crippen molar-refractivity contribution in [1.29, 1.82) is 0 Å². The summed E-state index contributed by atoms with van der Waals surface area (Å²) in [5, 5.41) is 4.53.